The Balaban J connectivity index is 2.49. The summed E-state index contributed by atoms with van der Waals surface area (Å²) in [5.74, 6) is 0.634. The molecule has 0 aliphatic carbocycles. The van der Waals surface area contributed by atoms with Gasteiger partial charge in [0.25, 0.3) is 6.47 Å². The number of nitrogens with zero attached hydrogens (tertiary/aromatic N) is 1. The molecule has 0 spiro atoms. The standard InChI is InChI=1S/C10H10N2O3S/c1-14-7-2-6(4-15-5-13)3-8-9(7)12-10(11)16-8/h2-3,5H,4H2,1H3,(H2,11,12). The van der Waals surface area contributed by atoms with Crippen molar-refractivity contribution in [2.24, 2.45) is 0 Å². The van der Waals surface area contributed by atoms with Crippen LogP contribution in [0.15, 0.2) is 12.1 Å². The van der Waals surface area contributed by atoms with Crippen LogP contribution in [0.3, 0.4) is 0 Å². The van der Waals surface area contributed by atoms with Gasteiger partial charge >= 0.3 is 0 Å². The molecule has 0 bridgehead atoms. The third-order valence-electron chi connectivity index (χ3n) is 2.07. The summed E-state index contributed by atoms with van der Waals surface area (Å²) in [5, 5.41) is 0.488. The first kappa shape index (κ1) is 10.7. The zero-order valence-corrected chi connectivity index (χ0v) is 9.41. The molecule has 0 amide bonds. The van der Waals surface area contributed by atoms with E-state index in [4.69, 9.17) is 15.2 Å². The lowest BCUT2D eigenvalue weighted by Crippen LogP contribution is -1.92. The SMILES string of the molecule is COc1cc(COC=O)cc2sc(N)nc12. The highest BCUT2D eigenvalue weighted by Crippen LogP contribution is 2.32. The molecule has 0 radical (unpaired) electrons. The van der Waals surface area contributed by atoms with Crippen molar-refractivity contribution in [1.29, 1.82) is 0 Å². The van der Waals surface area contributed by atoms with Crippen LogP contribution in [0, 0.1) is 0 Å². The topological polar surface area (TPSA) is 74.4 Å². The summed E-state index contributed by atoms with van der Waals surface area (Å²) in [5.41, 5.74) is 7.21. The normalized spacial score (nSPS) is 10.3. The van der Waals surface area contributed by atoms with Gasteiger partial charge in [0.15, 0.2) is 5.13 Å². The number of thiazole rings is 1. The van der Waals surface area contributed by atoms with E-state index in [1.807, 2.05) is 6.07 Å². The van der Waals surface area contributed by atoms with E-state index in [0.29, 0.717) is 17.4 Å². The maximum absolute atomic E-state index is 10.1. The molecular weight excluding hydrogens is 228 g/mol. The van der Waals surface area contributed by atoms with Crippen molar-refractivity contribution in [3.05, 3.63) is 17.7 Å². The van der Waals surface area contributed by atoms with E-state index in [2.05, 4.69) is 4.98 Å². The first-order valence-electron chi connectivity index (χ1n) is 4.52. The third kappa shape index (κ3) is 1.92. The monoisotopic (exact) mass is 238 g/mol. The van der Waals surface area contributed by atoms with Crippen LogP contribution in [0.1, 0.15) is 5.56 Å². The van der Waals surface area contributed by atoms with Gasteiger partial charge < -0.3 is 15.2 Å². The van der Waals surface area contributed by atoms with Gasteiger partial charge in [0.2, 0.25) is 0 Å². The molecule has 0 fully saturated rings. The third-order valence-corrected chi connectivity index (χ3v) is 2.91. The summed E-state index contributed by atoms with van der Waals surface area (Å²) in [6.45, 7) is 0.630. The number of hydrogen-bond acceptors (Lipinski definition) is 6. The molecule has 0 unspecified atom stereocenters. The number of anilines is 1. The van der Waals surface area contributed by atoms with Crippen LogP contribution in [-0.4, -0.2) is 18.6 Å². The molecule has 0 atom stereocenters. The highest BCUT2D eigenvalue weighted by atomic mass is 32.1. The van der Waals surface area contributed by atoms with Gasteiger partial charge in [0.05, 0.1) is 11.8 Å². The molecule has 1 aromatic heterocycles. The average molecular weight is 238 g/mol. The molecule has 2 rings (SSSR count). The number of nitrogens with two attached hydrogens (primary N) is 1. The summed E-state index contributed by atoms with van der Waals surface area (Å²) in [6, 6.07) is 3.67. The molecule has 0 aliphatic heterocycles. The summed E-state index contributed by atoms with van der Waals surface area (Å²) in [7, 11) is 1.56. The van der Waals surface area contributed by atoms with E-state index < -0.39 is 0 Å². The fourth-order valence-electron chi connectivity index (χ4n) is 1.44. The van der Waals surface area contributed by atoms with E-state index in [0.717, 1.165) is 15.8 Å². The maximum atomic E-state index is 10.1. The van der Waals surface area contributed by atoms with Crippen molar-refractivity contribution in [2.45, 2.75) is 6.61 Å². The van der Waals surface area contributed by atoms with Gasteiger partial charge in [0.1, 0.15) is 17.9 Å². The van der Waals surface area contributed by atoms with Gasteiger partial charge in [-0.25, -0.2) is 4.98 Å². The minimum atomic E-state index is 0.216. The number of rotatable bonds is 4. The average Bonchev–Trinajstić information content (AvgIpc) is 2.65. The minimum absolute atomic E-state index is 0.216. The first-order valence-corrected chi connectivity index (χ1v) is 5.34. The van der Waals surface area contributed by atoms with Crippen molar-refractivity contribution < 1.29 is 14.3 Å². The quantitative estimate of drug-likeness (QED) is 0.818. The Labute approximate surface area is 95.8 Å². The lowest BCUT2D eigenvalue weighted by atomic mass is 10.2. The van der Waals surface area contributed by atoms with Crippen LogP contribution in [0.2, 0.25) is 0 Å². The number of methoxy groups -OCH3 is 1. The fraction of sp³-hybridized carbons (Fsp3) is 0.200. The van der Waals surface area contributed by atoms with E-state index in [1.165, 1.54) is 11.3 Å². The fourth-order valence-corrected chi connectivity index (χ4v) is 2.25. The number of carbonyl (C=O) groups is 1. The van der Waals surface area contributed by atoms with E-state index in [-0.39, 0.29) is 6.61 Å². The molecule has 16 heavy (non-hydrogen) atoms. The van der Waals surface area contributed by atoms with E-state index in [9.17, 15) is 4.79 Å². The van der Waals surface area contributed by atoms with Crippen molar-refractivity contribution in [3.8, 4) is 5.75 Å². The number of fused-ring (bicyclic) bond motifs is 1. The molecule has 1 heterocycles. The van der Waals surface area contributed by atoms with Gasteiger partial charge in [-0.3, -0.25) is 4.79 Å². The lowest BCUT2D eigenvalue weighted by Gasteiger charge is -2.04. The maximum Gasteiger partial charge on any atom is 0.293 e. The Morgan fingerprint density at radius 2 is 2.38 bits per heavy atom. The van der Waals surface area contributed by atoms with Gasteiger partial charge in [-0.2, -0.15) is 0 Å². The van der Waals surface area contributed by atoms with Crippen molar-refractivity contribution in [3.63, 3.8) is 0 Å². The van der Waals surface area contributed by atoms with E-state index >= 15 is 0 Å². The molecule has 0 saturated heterocycles. The zero-order chi connectivity index (χ0) is 11.5. The number of aromatic nitrogens is 1. The lowest BCUT2D eigenvalue weighted by molar-refractivity contribution is -0.129. The Hall–Kier alpha value is -1.82. The first-order chi connectivity index (χ1) is 7.74. The zero-order valence-electron chi connectivity index (χ0n) is 8.60. The largest absolute Gasteiger partial charge is 0.494 e. The van der Waals surface area contributed by atoms with Crippen LogP contribution in [0.4, 0.5) is 5.13 Å². The molecule has 1 aromatic carbocycles. The van der Waals surface area contributed by atoms with Gasteiger partial charge in [-0.05, 0) is 17.7 Å². The highest BCUT2D eigenvalue weighted by molar-refractivity contribution is 7.22. The molecule has 0 saturated carbocycles. The van der Waals surface area contributed by atoms with Gasteiger partial charge in [-0.15, -0.1) is 0 Å². The number of nitrogen functional groups attached to an aromatic ring is 1. The molecule has 0 aliphatic rings. The van der Waals surface area contributed by atoms with Crippen LogP contribution in [0.25, 0.3) is 10.2 Å². The molecule has 2 N–H and O–H groups in total. The van der Waals surface area contributed by atoms with Crippen LogP contribution < -0.4 is 10.5 Å². The summed E-state index contributed by atoms with van der Waals surface area (Å²) in [6.07, 6.45) is 0. The Morgan fingerprint density at radius 3 is 3.06 bits per heavy atom. The predicted octanol–water partition coefficient (Wildman–Crippen LogP) is 1.56. The minimum Gasteiger partial charge on any atom is -0.494 e. The Bertz CT molecular complexity index is 524. The number of benzene rings is 1. The second-order valence-corrected chi connectivity index (χ2v) is 4.17. The van der Waals surface area contributed by atoms with Crippen molar-refractivity contribution in [1.82, 2.24) is 4.98 Å². The summed E-state index contributed by atoms with van der Waals surface area (Å²) >= 11 is 1.37. The highest BCUT2D eigenvalue weighted by Gasteiger charge is 2.09. The van der Waals surface area contributed by atoms with E-state index in [1.54, 1.807) is 13.2 Å². The molecule has 84 valence electrons. The molecule has 6 heteroatoms. The predicted molar refractivity (Wildman–Crippen MR) is 61.4 cm³/mol. The summed E-state index contributed by atoms with van der Waals surface area (Å²) in [4.78, 5) is 14.3. The van der Waals surface area contributed by atoms with Crippen molar-refractivity contribution >= 4 is 33.2 Å². The second kappa shape index (κ2) is 4.36. The van der Waals surface area contributed by atoms with Crippen LogP contribution in [-0.2, 0) is 16.1 Å². The Morgan fingerprint density at radius 1 is 1.56 bits per heavy atom. The van der Waals surface area contributed by atoms with Gasteiger partial charge in [0, 0.05) is 0 Å². The van der Waals surface area contributed by atoms with Gasteiger partial charge in [-0.1, -0.05) is 11.3 Å². The van der Waals surface area contributed by atoms with Crippen LogP contribution in [0.5, 0.6) is 5.75 Å². The Kier molecular flexibility index (Phi) is 2.91. The number of hydrogen-bond donors (Lipinski definition) is 1. The number of ether oxygens (including phenoxy) is 2. The molecule has 5 nitrogen and oxygen atoms in total. The van der Waals surface area contributed by atoms with Crippen molar-refractivity contribution in [2.75, 3.05) is 12.8 Å². The summed E-state index contributed by atoms with van der Waals surface area (Å²) < 4.78 is 10.8. The smallest absolute Gasteiger partial charge is 0.293 e. The molecule has 2 aromatic rings. The van der Waals surface area contributed by atoms with Crippen LogP contribution >= 0.6 is 11.3 Å². The molecular formula is C10H10N2O3S. The second-order valence-electron chi connectivity index (χ2n) is 3.10. The number of carbonyl (C=O) groups excluding carboxylic acids is 1.